The molecule has 0 aromatic carbocycles. The van der Waals surface area contributed by atoms with Crippen molar-refractivity contribution in [1.29, 1.82) is 5.26 Å². The number of nitriles is 1. The Morgan fingerprint density at radius 3 is 2.76 bits per heavy atom. The molecule has 0 radical (unpaired) electrons. The summed E-state index contributed by atoms with van der Waals surface area (Å²) in [7, 11) is 0. The number of hydrogen-bond donors (Lipinski definition) is 0. The van der Waals surface area contributed by atoms with Crippen molar-refractivity contribution in [2.45, 2.75) is 19.8 Å². The number of aryl methyl sites for hydroxylation is 1. The number of hydrogen-bond acceptors (Lipinski definition) is 4. The van der Waals surface area contributed by atoms with Gasteiger partial charge in [-0.3, -0.25) is 4.98 Å². The average molecular weight is 332 g/mol. The molecule has 0 bridgehead atoms. The van der Waals surface area contributed by atoms with Gasteiger partial charge in [-0.1, -0.05) is 17.4 Å². The second kappa shape index (κ2) is 7.59. The molecule has 0 atom stereocenters. The Balaban J connectivity index is 1.67. The number of nitrogens with zero attached hydrogens (tertiary/aromatic N) is 4. The van der Waals surface area contributed by atoms with Gasteiger partial charge in [-0.2, -0.15) is 5.26 Å². The molecule has 0 amide bonds. The quantitative estimate of drug-likeness (QED) is 0.751. The topological polar surface area (TPSA) is 52.8 Å². The van der Waals surface area contributed by atoms with E-state index in [1.165, 1.54) is 11.6 Å². The van der Waals surface area contributed by atoms with E-state index < -0.39 is 0 Å². The zero-order valence-corrected chi connectivity index (χ0v) is 14.0. The standard InChI is InChI=1S/C20H17FN4/c1-15-5-6-18(12-22)20(24-15)25-9-7-16(8-10-25)3-2-4-17-11-19(21)14-23-13-17/h3,5-6,11,13-14H,7-10H2,1H3. The number of anilines is 1. The Kier molecular flexibility index (Phi) is 5.06. The highest BCUT2D eigenvalue weighted by atomic mass is 19.1. The highest BCUT2D eigenvalue weighted by Gasteiger charge is 2.18. The Morgan fingerprint density at radius 1 is 1.24 bits per heavy atom. The van der Waals surface area contributed by atoms with Crippen LogP contribution >= 0.6 is 0 Å². The van der Waals surface area contributed by atoms with Gasteiger partial charge in [0.15, 0.2) is 0 Å². The molecule has 0 N–H and O–H groups in total. The molecule has 1 aliphatic rings. The molecule has 1 fully saturated rings. The first-order valence-corrected chi connectivity index (χ1v) is 8.08. The van der Waals surface area contributed by atoms with Crippen molar-refractivity contribution >= 4 is 5.82 Å². The summed E-state index contributed by atoms with van der Waals surface area (Å²) in [5.74, 6) is 6.26. The van der Waals surface area contributed by atoms with Gasteiger partial charge < -0.3 is 4.90 Å². The summed E-state index contributed by atoms with van der Waals surface area (Å²) in [6, 6.07) is 7.26. The SMILES string of the molecule is Cc1ccc(C#N)c(N2CCC(=CC#Cc3cncc(F)c3)CC2)n1. The Morgan fingerprint density at radius 2 is 2.04 bits per heavy atom. The van der Waals surface area contributed by atoms with Crippen LogP contribution in [-0.4, -0.2) is 23.1 Å². The molecular formula is C20H17FN4. The highest BCUT2D eigenvalue weighted by Crippen LogP contribution is 2.24. The van der Waals surface area contributed by atoms with Crippen LogP contribution in [-0.2, 0) is 0 Å². The van der Waals surface area contributed by atoms with Crippen molar-refractivity contribution in [2.24, 2.45) is 0 Å². The van der Waals surface area contributed by atoms with Gasteiger partial charge in [-0.15, -0.1) is 0 Å². The van der Waals surface area contributed by atoms with Crippen molar-refractivity contribution in [2.75, 3.05) is 18.0 Å². The van der Waals surface area contributed by atoms with Crippen molar-refractivity contribution in [3.63, 3.8) is 0 Å². The van der Waals surface area contributed by atoms with E-state index in [2.05, 4.69) is 32.8 Å². The molecule has 0 unspecified atom stereocenters. The minimum absolute atomic E-state index is 0.383. The third-order valence-electron chi connectivity index (χ3n) is 4.04. The van der Waals surface area contributed by atoms with E-state index >= 15 is 0 Å². The van der Waals surface area contributed by atoms with E-state index in [-0.39, 0.29) is 5.82 Å². The van der Waals surface area contributed by atoms with Crippen molar-refractivity contribution in [3.05, 3.63) is 64.9 Å². The lowest BCUT2D eigenvalue weighted by Crippen LogP contribution is -2.32. The summed E-state index contributed by atoms with van der Waals surface area (Å²) < 4.78 is 13.1. The fraction of sp³-hybridized carbons (Fsp3) is 0.250. The smallest absolute Gasteiger partial charge is 0.146 e. The Hall–Kier alpha value is -3.18. The van der Waals surface area contributed by atoms with Gasteiger partial charge in [0.2, 0.25) is 0 Å². The predicted octanol–water partition coefficient (Wildman–Crippen LogP) is 3.37. The van der Waals surface area contributed by atoms with Crippen LogP contribution in [0.25, 0.3) is 0 Å². The largest absolute Gasteiger partial charge is 0.355 e. The molecule has 3 rings (SSSR count). The number of aromatic nitrogens is 2. The maximum atomic E-state index is 13.1. The molecule has 2 aromatic rings. The first kappa shape index (κ1) is 16.7. The van der Waals surface area contributed by atoms with Crippen LogP contribution in [0, 0.1) is 35.9 Å². The van der Waals surface area contributed by atoms with Gasteiger partial charge in [-0.05, 0) is 44.0 Å². The first-order valence-electron chi connectivity index (χ1n) is 8.08. The average Bonchev–Trinajstić information content (AvgIpc) is 2.62. The van der Waals surface area contributed by atoms with Crippen LogP contribution in [0.1, 0.15) is 29.7 Å². The highest BCUT2D eigenvalue weighted by molar-refractivity contribution is 5.55. The van der Waals surface area contributed by atoms with E-state index in [4.69, 9.17) is 0 Å². The van der Waals surface area contributed by atoms with Crippen molar-refractivity contribution < 1.29 is 4.39 Å². The molecule has 0 spiro atoms. The van der Waals surface area contributed by atoms with Crippen LogP contribution in [0.5, 0.6) is 0 Å². The van der Waals surface area contributed by atoms with E-state index in [1.807, 2.05) is 25.1 Å². The first-order chi connectivity index (χ1) is 12.2. The molecular weight excluding hydrogens is 315 g/mol. The summed E-state index contributed by atoms with van der Waals surface area (Å²) >= 11 is 0. The summed E-state index contributed by atoms with van der Waals surface area (Å²) in [5.41, 5.74) is 3.33. The lowest BCUT2D eigenvalue weighted by Gasteiger charge is -2.30. The van der Waals surface area contributed by atoms with Gasteiger partial charge in [0.25, 0.3) is 0 Å². The molecule has 4 nitrogen and oxygen atoms in total. The van der Waals surface area contributed by atoms with Crippen molar-refractivity contribution in [1.82, 2.24) is 9.97 Å². The summed E-state index contributed by atoms with van der Waals surface area (Å²) in [5, 5.41) is 9.26. The number of halogens is 1. The maximum Gasteiger partial charge on any atom is 0.146 e. The van der Waals surface area contributed by atoms with Gasteiger partial charge in [0, 0.05) is 30.5 Å². The molecule has 1 aliphatic heterocycles. The zero-order valence-electron chi connectivity index (χ0n) is 14.0. The van der Waals surface area contributed by atoms with Gasteiger partial charge in [0.05, 0.1) is 11.8 Å². The lowest BCUT2D eigenvalue weighted by atomic mass is 10.0. The number of allylic oxidation sites excluding steroid dienone is 1. The van der Waals surface area contributed by atoms with Gasteiger partial charge in [-0.25, -0.2) is 9.37 Å². The lowest BCUT2D eigenvalue weighted by molar-refractivity contribution is 0.621. The minimum Gasteiger partial charge on any atom is -0.355 e. The fourth-order valence-electron chi connectivity index (χ4n) is 2.72. The molecule has 0 saturated carbocycles. The summed E-state index contributed by atoms with van der Waals surface area (Å²) in [4.78, 5) is 10.4. The Bertz CT molecular complexity index is 905. The summed E-state index contributed by atoms with van der Waals surface area (Å²) in [6.45, 7) is 3.54. The van der Waals surface area contributed by atoms with Crippen LogP contribution in [0.4, 0.5) is 10.2 Å². The predicted molar refractivity (Wildman–Crippen MR) is 94.3 cm³/mol. The molecule has 1 saturated heterocycles. The van der Waals surface area contributed by atoms with Crippen molar-refractivity contribution in [3.8, 4) is 17.9 Å². The Labute approximate surface area is 146 Å². The van der Waals surface area contributed by atoms with Crippen LogP contribution < -0.4 is 4.90 Å². The number of rotatable bonds is 1. The minimum atomic E-state index is -0.383. The third-order valence-corrected chi connectivity index (χ3v) is 4.04. The zero-order chi connectivity index (χ0) is 17.6. The molecule has 124 valence electrons. The molecule has 25 heavy (non-hydrogen) atoms. The molecule has 0 aliphatic carbocycles. The second-order valence-corrected chi connectivity index (χ2v) is 5.89. The van der Waals surface area contributed by atoms with Crippen LogP contribution in [0.3, 0.4) is 0 Å². The van der Waals surface area contributed by atoms with E-state index in [0.29, 0.717) is 11.1 Å². The molecule has 3 heterocycles. The van der Waals surface area contributed by atoms with Crippen LogP contribution in [0.2, 0.25) is 0 Å². The van der Waals surface area contributed by atoms with E-state index in [1.54, 1.807) is 6.20 Å². The third kappa shape index (κ3) is 4.22. The fourth-order valence-corrected chi connectivity index (χ4v) is 2.72. The number of pyridine rings is 2. The van der Waals surface area contributed by atoms with E-state index in [0.717, 1.165) is 43.6 Å². The van der Waals surface area contributed by atoms with Crippen LogP contribution in [0.15, 0.2) is 42.2 Å². The molecule has 5 heteroatoms. The molecule has 2 aromatic heterocycles. The van der Waals surface area contributed by atoms with Gasteiger partial charge in [0.1, 0.15) is 17.7 Å². The second-order valence-electron chi connectivity index (χ2n) is 5.89. The number of piperidine rings is 1. The van der Waals surface area contributed by atoms with E-state index in [9.17, 15) is 9.65 Å². The monoisotopic (exact) mass is 332 g/mol. The maximum absolute atomic E-state index is 13.1. The van der Waals surface area contributed by atoms with Gasteiger partial charge >= 0.3 is 0 Å². The summed E-state index contributed by atoms with van der Waals surface area (Å²) in [6.07, 6.45) is 6.35. The normalized spacial score (nSPS) is 13.6.